The molecule has 0 spiro atoms. The molecule has 0 bridgehead atoms. The van der Waals surface area contributed by atoms with Gasteiger partial charge in [-0.1, -0.05) is 29.3 Å². The number of thiophene rings is 1. The van der Waals surface area contributed by atoms with Gasteiger partial charge >= 0.3 is 0 Å². The molecule has 2 amide bonds. The molecule has 0 aliphatic rings. The van der Waals surface area contributed by atoms with Crippen molar-refractivity contribution in [2.45, 2.75) is 27.3 Å². The summed E-state index contributed by atoms with van der Waals surface area (Å²) >= 11 is 7.16. The molecule has 2 N–H and O–H groups in total. The molecule has 8 nitrogen and oxygen atoms in total. The van der Waals surface area contributed by atoms with Crippen molar-refractivity contribution in [2.24, 2.45) is 0 Å². The largest absolute Gasteiger partial charge is 0.495 e. The average molecular weight is 511 g/mol. The Morgan fingerprint density at radius 1 is 1.09 bits per heavy atom. The van der Waals surface area contributed by atoms with Crippen molar-refractivity contribution in [3.05, 3.63) is 79.7 Å². The molecule has 180 valence electrons. The molecule has 2 aromatic carbocycles. The number of anilines is 2. The van der Waals surface area contributed by atoms with Gasteiger partial charge in [0.25, 0.3) is 11.5 Å². The Morgan fingerprint density at radius 3 is 2.57 bits per heavy atom. The number of carbonyl (C=O) groups is 2. The van der Waals surface area contributed by atoms with E-state index in [-0.39, 0.29) is 12.5 Å². The van der Waals surface area contributed by atoms with Crippen LogP contribution in [-0.4, -0.2) is 28.5 Å². The lowest BCUT2D eigenvalue weighted by atomic mass is 10.1. The number of methoxy groups -OCH3 is 1. The molecule has 10 heteroatoms. The zero-order valence-electron chi connectivity index (χ0n) is 19.6. The molecule has 4 aromatic rings. The second kappa shape index (κ2) is 9.89. The number of hydrogen-bond acceptors (Lipinski definition) is 6. The maximum absolute atomic E-state index is 13.2. The second-order valence-corrected chi connectivity index (χ2v) is 9.51. The summed E-state index contributed by atoms with van der Waals surface area (Å²) in [5, 5.41) is 6.36. The van der Waals surface area contributed by atoms with Crippen LogP contribution in [0.5, 0.6) is 5.75 Å². The molecule has 0 fully saturated rings. The lowest BCUT2D eigenvalue weighted by molar-refractivity contribution is -0.116. The van der Waals surface area contributed by atoms with Crippen molar-refractivity contribution < 1.29 is 14.3 Å². The van der Waals surface area contributed by atoms with Crippen molar-refractivity contribution in [1.82, 2.24) is 9.55 Å². The summed E-state index contributed by atoms with van der Waals surface area (Å²) in [7, 11) is 1.48. The lowest BCUT2D eigenvalue weighted by Gasteiger charge is -2.11. The fraction of sp³-hybridized carbons (Fsp3) is 0.200. The summed E-state index contributed by atoms with van der Waals surface area (Å²) in [4.78, 5) is 44.0. The van der Waals surface area contributed by atoms with E-state index in [1.807, 2.05) is 32.0 Å². The van der Waals surface area contributed by atoms with Gasteiger partial charge in [0.1, 0.15) is 17.1 Å². The number of ether oxygens (including phenoxy) is 1. The Morgan fingerprint density at radius 2 is 1.86 bits per heavy atom. The fourth-order valence-corrected chi connectivity index (χ4v) is 4.95. The monoisotopic (exact) mass is 510 g/mol. The summed E-state index contributed by atoms with van der Waals surface area (Å²) < 4.78 is 6.45. The van der Waals surface area contributed by atoms with Crippen LogP contribution in [0.1, 0.15) is 26.4 Å². The van der Waals surface area contributed by atoms with Gasteiger partial charge in [-0.05, 0) is 56.2 Å². The van der Waals surface area contributed by atoms with E-state index in [1.54, 1.807) is 25.1 Å². The van der Waals surface area contributed by atoms with E-state index in [4.69, 9.17) is 16.3 Å². The van der Waals surface area contributed by atoms with Gasteiger partial charge in [-0.25, -0.2) is 4.98 Å². The molecule has 0 saturated carbocycles. The first-order chi connectivity index (χ1) is 16.7. The van der Waals surface area contributed by atoms with Crippen LogP contribution in [0, 0.1) is 20.8 Å². The van der Waals surface area contributed by atoms with E-state index in [0.717, 1.165) is 22.5 Å². The van der Waals surface area contributed by atoms with Crippen molar-refractivity contribution in [3.8, 4) is 5.75 Å². The quantitative estimate of drug-likeness (QED) is 0.382. The Labute approximate surface area is 210 Å². The summed E-state index contributed by atoms with van der Waals surface area (Å²) in [6.45, 7) is 5.35. The van der Waals surface area contributed by atoms with Gasteiger partial charge in [-0.15, -0.1) is 11.3 Å². The van der Waals surface area contributed by atoms with Gasteiger partial charge in [-0.3, -0.25) is 19.0 Å². The van der Waals surface area contributed by atoms with Gasteiger partial charge in [0.2, 0.25) is 5.91 Å². The Hall–Kier alpha value is -3.69. The lowest BCUT2D eigenvalue weighted by Crippen LogP contribution is -2.28. The van der Waals surface area contributed by atoms with E-state index in [1.165, 1.54) is 18.0 Å². The highest BCUT2D eigenvalue weighted by atomic mass is 35.5. The van der Waals surface area contributed by atoms with E-state index < -0.39 is 11.5 Å². The number of benzene rings is 2. The molecule has 0 aliphatic carbocycles. The highest BCUT2D eigenvalue weighted by Crippen LogP contribution is 2.29. The number of aromatic nitrogens is 2. The number of nitrogens with zero attached hydrogens (tertiary/aromatic N) is 2. The SMILES string of the molecule is COc1ccc(Cl)cc1NC(=O)Cn1cnc2sc(C(=O)Nc3ccc(C)cc3C)c(C)c2c1=O. The molecule has 4 rings (SSSR count). The molecular formula is C25H23ClN4O4S. The molecule has 2 heterocycles. The number of halogens is 1. The number of hydrogen-bond donors (Lipinski definition) is 2. The number of amides is 2. The van der Waals surface area contributed by atoms with Gasteiger partial charge in [-0.2, -0.15) is 0 Å². The van der Waals surface area contributed by atoms with Crippen LogP contribution in [-0.2, 0) is 11.3 Å². The van der Waals surface area contributed by atoms with Crippen LogP contribution in [0.25, 0.3) is 10.2 Å². The van der Waals surface area contributed by atoms with Crippen LogP contribution in [0.2, 0.25) is 5.02 Å². The molecular weight excluding hydrogens is 488 g/mol. The predicted molar refractivity (Wildman–Crippen MR) is 139 cm³/mol. The first-order valence-corrected chi connectivity index (χ1v) is 11.9. The first kappa shape index (κ1) is 24.4. The van der Waals surface area contributed by atoms with Crippen LogP contribution < -0.4 is 20.9 Å². The van der Waals surface area contributed by atoms with Crippen molar-refractivity contribution >= 4 is 56.3 Å². The van der Waals surface area contributed by atoms with Crippen molar-refractivity contribution in [3.63, 3.8) is 0 Å². The third kappa shape index (κ3) is 5.06. The van der Waals surface area contributed by atoms with Gasteiger partial charge in [0, 0.05) is 10.7 Å². The molecule has 0 radical (unpaired) electrons. The van der Waals surface area contributed by atoms with E-state index in [9.17, 15) is 14.4 Å². The summed E-state index contributed by atoms with van der Waals surface area (Å²) in [5.74, 6) is -0.319. The van der Waals surface area contributed by atoms with Crippen molar-refractivity contribution in [2.75, 3.05) is 17.7 Å². The Balaban J connectivity index is 1.59. The molecule has 0 saturated heterocycles. The van der Waals surface area contributed by atoms with Crippen molar-refractivity contribution in [1.29, 1.82) is 0 Å². The summed E-state index contributed by atoms with van der Waals surface area (Å²) in [6, 6.07) is 10.6. The highest BCUT2D eigenvalue weighted by molar-refractivity contribution is 7.20. The number of nitrogens with one attached hydrogen (secondary N) is 2. The van der Waals surface area contributed by atoms with Crippen LogP contribution in [0.4, 0.5) is 11.4 Å². The predicted octanol–water partition coefficient (Wildman–Crippen LogP) is 4.94. The zero-order valence-corrected chi connectivity index (χ0v) is 21.1. The molecule has 0 aliphatic heterocycles. The van der Waals surface area contributed by atoms with Gasteiger partial charge < -0.3 is 15.4 Å². The van der Waals surface area contributed by atoms with E-state index in [0.29, 0.717) is 42.8 Å². The molecule has 0 atom stereocenters. The standard InChI is InChI=1S/C25H23ClN4O4S/c1-13-5-7-17(14(2)9-13)29-23(32)22-15(3)21-24(35-22)27-12-30(25(21)33)11-20(31)28-18-10-16(26)6-8-19(18)34-4/h5-10,12H,11H2,1-4H3,(H,28,31)(H,29,32). The van der Waals surface area contributed by atoms with Crippen LogP contribution >= 0.6 is 22.9 Å². The highest BCUT2D eigenvalue weighted by Gasteiger charge is 2.21. The topological polar surface area (TPSA) is 102 Å². The average Bonchev–Trinajstić information content (AvgIpc) is 3.15. The molecule has 0 unspecified atom stereocenters. The minimum absolute atomic E-state index is 0.267. The Bertz CT molecular complexity index is 1530. The zero-order chi connectivity index (χ0) is 25.3. The van der Waals surface area contributed by atoms with E-state index in [2.05, 4.69) is 15.6 Å². The maximum Gasteiger partial charge on any atom is 0.266 e. The Kier molecular flexibility index (Phi) is 6.90. The van der Waals surface area contributed by atoms with Gasteiger partial charge in [0.15, 0.2) is 0 Å². The summed E-state index contributed by atoms with van der Waals surface area (Å²) in [5.41, 5.74) is 3.26. The third-order valence-electron chi connectivity index (χ3n) is 5.50. The third-order valence-corrected chi connectivity index (χ3v) is 6.94. The van der Waals surface area contributed by atoms with E-state index >= 15 is 0 Å². The summed E-state index contributed by atoms with van der Waals surface area (Å²) in [6.07, 6.45) is 1.31. The minimum Gasteiger partial charge on any atom is -0.495 e. The number of aryl methyl sites for hydroxylation is 3. The number of fused-ring (bicyclic) bond motifs is 1. The van der Waals surface area contributed by atoms with Gasteiger partial charge in [0.05, 0.1) is 29.4 Å². The number of rotatable bonds is 6. The normalized spacial score (nSPS) is 10.9. The first-order valence-electron chi connectivity index (χ1n) is 10.7. The fourth-order valence-electron chi connectivity index (χ4n) is 3.74. The maximum atomic E-state index is 13.2. The number of carbonyl (C=O) groups excluding carboxylic acids is 2. The second-order valence-electron chi connectivity index (χ2n) is 8.08. The van der Waals surface area contributed by atoms with Crippen LogP contribution in [0.15, 0.2) is 47.5 Å². The molecule has 35 heavy (non-hydrogen) atoms. The molecule has 2 aromatic heterocycles. The minimum atomic E-state index is -0.450. The smallest absolute Gasteiger partial charge is 0.266 e. The van der Waals surface area contributed by atoms with Crippen LogP contribution in [0.3, 0.4) is 0 Å².